The highest BCUT2D eigenvalue weighted by Gasteiger charge is 2.31. The van der Waals surface area contributed by atoms with Crippen LogP contribution in [0.4, 0.5) is 0 Å². The summed E-state index contributed by atoms with van der Waals surface area (Å²) in [4.78, 5) is 13.3. The van der Waals surface area contributed by atoms with Crippen LogP contribution in [-0.2, 0) is 10.7 Å². The number of unbranched alkanes of at least 4 members (excludes halogenated alkanes) is 2. The molecule has 0 fully saturated rings. The second-order valence-corrected chi connectivity index (χ2v) is 17.4. The topological polar surface area (TPSA) is 38.7 Å². The molecule has 0 aromatic carbocycles. The molecular formula is C10H11Br6N3. The lowest BCUT2D eigenvalue weighted by atomic mass is 10.2. The zero-order valence-corrected chi connectivity index (χ0v) is 19.5. The summed E-state index contributed by atoms with van der Waals surface area (Å²) < 4.78 is -1.30. The Hall–Kier alpha value is 1.89. The minimum atomic E-state index is -0.650. The smallest absolute Gasteiger partial charge is 0.194 e. The highest BCUT2D eigenvalue weighted by atomic mass is 80.0. The Morgan fingerprint density at radius 2 is 1.26 bits per heavy atom. The summed E-state index contributed by atoms with van der Waals surface area (Å²) in [6, 6.07) is 0. The van der Waals surface area contributed by atoms with E-state index in [1.54, 1.807) is 0 Å². The van der Waals surface area contributed by atoms with Crippen LogP contribution in [0.25, 0.3) is 0 Å². The van der Waals surface area contributed by atoms with E-state index in [-0.39, 0.29) is 0 Å². The number of alkyl halides is 6. The quantitative estimate of drug-likeness (QED) is 0.288. The Morgan fingerprint density at radius 1 is 0.789 bits per heavy atom. The average molecular weight is 653 g/mol. The van der Waals surface area contributed by atoms with Gasteiger partial charge in [-0.1, -0.05) is 115 Å². The summed E-state index contributed by atoms with van der Waals surface area (Å²) in [6.07, 6.45) is 4.24. The van der Waals surface area contributed by atoms with Gasteiger partial charge < -0.3 is 0 Å². The summed E-state index contributed by atoms with van der Waals surface area (Å²) in [7, 11) is 0. The van der Waals surface area contributed by atoms with E-state index >= 15 is 0 Å². The van der Waals surface area contributed by atoms with Gasteiger partial charge in [0.05, 0.1) is 0 Å². The zero-order chi connectivity index (χ0) is 14.7. The second-order valence-electron chi connectivity index (χ2n) is 3.85. The monoisotopic (exact) mass is 647 g/mol. The van der Waals surface area contributed by atoms with Crippen molar-refractivity contribution in [1.82, 2.24) is 15.0 Å². The van der Waals surface area contributed by atoms with Crippen molar-refractivity contribution in [2.45, 2.75) is 36.9 Å². The number of halogens is 6. The van der Waals surface area contributed by atoms with Crippen LogP contribution in [0.5, 0.6) is 0 Å². The molecule has 1 rings (SSSR count). The molecule has 1 heterocycles. The van der Waals surface area contributed by atoms with E-state index in [0.29, 0.717) is 11.6 Å². The van der Waals surface area contributed by atoms with Gasteiger partial charge in [0.1, 0.15) is 5.82 Å². The van der Waals surface area contributed by atoms with Crippen LogP contribution < -0.4 is 0 Å². The minimum absolute atomic E-state index is 0.576. The molecule has 0 spiro atoms. The van der Waals surface area contributed by atoms with Gasteiger partial charge in [0.25, 0.3) is 0 Å². The second kappa shape index (κ2) is 7.94. The first-order chi connectivity index (χ1) is 8.64. The van der Waals surface area contributed by atoms with E-state index in [2.05, 4.69) is 117 Å². The standard InChI is InChI=1S/C10H11Br6N3/c1-2-3-4-5-6-17-7(9(11,12)13)19-8(18-6)10(14,15)16/h2-5H2,1H3. The van der Waals surface area contributed by atoms with Crippen LogP contribution >= 0.6 is 95.6 Å². The molecule has 0 aliphatic heterocycles. The molecule has 108 valence electrons. The van der Waals surface area contributed by atoms with Gasteiger partial charge in [0, 0.05) is 6.42 Å². The summed E-state index contributed by atoms with van der Waals surface area (Å²) in [5, 5.41) is 0. The molecule has 0 saturated carbocycles. The van der Waals surface area contributed by atoms with E-state index in [4.69, 9.17) is 0 Å². The van der Waals surface area contributed by atoms with Crippen LogP contribution in [0.2, 0.25) is 0 Å². The third-order valence-corrected chi connectivity index (χ3v) is 4.32. The molecule has 0 aliphatic rings. The normalized spacial score (nSPS) is 12.8. The first-order valence-electron chi connectivity index (χ1n) is 5.54. The van der Waals surface area contributed by atoms with Crippen molar-refractivity contribution < 1.29 is 0 Å². The summed E-state index contributed by atoms with van der Waals surface area (Å²) >= 11 is 20.6. The van der Waals surface area contributed by atoms with Gasteiger partial charge in [-0.05, 0) is 6.42 Å². The number of aryl methyl sites for hydroxylation is 1. The Labute approximate surface area is 163 Å². The summed E-state index contributed by atoms with van der Waals surface area (Å²) in [5.74, 6) is 1.93. The highest BCUT2D eigenvalue weighted by Crippen LogP contribution is 2.46. The van der Waals surface area contributed by atoms with Gasteiger partial charge in [0.2, 0.25) is 0 Å². The van der Waals surface area contributed by atoms with Gasteiger partial charge in [-0.25, -0.2) is 15.0 Å². The van der Waals surface area contributed by atoms with Crippen molar-refractivity contribution in [3.63, 3.8) is 0 Å². The molecule has 0 saturated heterocycles. The van der Waals surface area contributed by atoms with Crippen molar-refractivity contribution in [3.05, 3.63) is 17.5 Å². The van der Waals surface area contributed by atoms with Crippen LogP contribution in [-0.4, -0.2) is 15.0 Å². The van der Waals surface area contributed by atoms with Crippen molar-refractivity contribution in [3.8, 4) is 0 Å². The van der Waals surface area contributed by atoms with E-state index in [0.717, 1.165) is 18.7 Å². The molecular weight excluding hydrogens is 642 g/mol. The van der Waals surface area contributed by atoms with Gasteiger partial charge in [-0.3, -0.25) is 0 Å². The Balaban J connectivity index is 3.10. The van der Waals surface area contributed by atoms with E-state index in [1.807, 2.05) is 0 Å². The first kappa shape index (κ1) is 18.9. The maximum absolute atomic E-state index is 4.46. The van der Waals surface area contributed by atoms with Crippen molar-refractivity contribution >= 4 is 95.6 Å². The molecule has 1 aromatic heterocycles. The lowest BCUT2D eigenvalue weighted by molar-refractivity contribution is 0.678. The maximum atomic E-state index is 4.46. The lowest BCUT2D eigenvalue weighted by Gasteiger charge is -2.16. The van der Waals surface area contributed by atoms with E-state index in [9.17, 15) is 0 Å². The van der Waals surface area contributed by atoms with Gasteiger partial charge >= 0.3 is 0 Å². The average Bonchev–Trinajstić information content (AvgIpc) is 2.27. The molecule has 1 aromatic rings. The van der Waals surface area contributed by atoms with Crippen LogP contribution in [0.1, 0.15) is 43.7 Å². The van der Waals surface area contributed by atoms with E-state index in [1.165, 1.54) is 12.8 Å². The van der Waals surface area contributed by atoms with Gasteiger partial charge in [0.15, 0.2) is 15.9 Å². The molecule has 0 aliphatic carbocycles. The summed E-state index contributed by atoms with van der Waals surface area (Å²) in [5.41, 5.74) is 0. The lowest BCUT2D eigenvalue weighted by Crippen LogP contribution is -2.16. The van der Waals surface area contributed by atoms with Crippen molar-refractivity contribution in [2.75, 3.05) is 0 Å². The fourth-order valence-corrected chi connectivity index (χ4v) is 2.38. The predicted molar refractivity (Wildman–Crippen MR) is 100.0 cm³/mol. The molecule has 0 unspecified atom stereocenters. The molecule has 0 bridgehead atoms. The predicted octanol–water partition coefficient (Wildman–Crippen LogP) is 6.19. The molecule has 0 N–H and O–H groups in total. The molecule has 19 heavy (non-hydrogen) atoms. The number of hydrogen-bond donors (Lipinski definition) is 0. The third-order valence-electron chi connectivity index (χ3n) is 2.19. The number of hydrogen-bond acceptors (Lipinski definition) is 3. The maximum Gasteiger partial charge on any atom is 0.194 e. The Bertz CT molecular complexity index is 394. The van der Waals surface area contributed by atoms with Crippen LogP contribution in [0, 0.1) is 0 Å². The molecule has 0 amide bonds. The highest BCUT2D eigenvalue weighted by molar-refractivity contribution is 9.39. The molecule has 0 radical (unpaired) electrons. The minimum Gasteiger partial charge on any atom is -0.215 e. The Morgan fingerprint density at radius 3 is 1.63 bits per heavy atom. The molecule has 3 nitrogen and oxygen atoms in total. The van der Waals surface area contributed by atoms with Gasteiger partial charge in [-0.2, -0.15) is 0 Å². The molecule has 0 atom stereocenters. The zero-order valence-electron chi connectivity index (χ0n) is 9.94. The first-order valence-corrected chi connectivity index (χ1v) is 10.3. The van der Waals surface area contributed by atoms with Crippen molar-refractivity contribution in [2.24, 2.45) is 0 Å². The van der Waals surface area contributed by atoms with Crippen molar-refractivity contribution in [1.29, 1.82) is 0 Å². The van der Waals surface area contributed by atoms with Crippen LogP contribution in [0.3, 0.4) is 0 Å². The van der Waals surface area contributed by atoms with E-state index < -0.39 is 4.29 Å². The fourth-order valence-electron chi connectivity index (χ4n) is 1.32. The third kappa shape index (κ3) is 6.67. The van der Waals surface area contributed by atoms with Gasteiger partial charge in [-0.15, -0.1) is 0 Å². The summed E-state index contributed by atoms with van der Waals surface area (Å²) in [6.45, 7) is 2.17. The SMILES string of the molecule is CCCCCc1nc(C(Br)(Br)Br)nc(C(Br)(Br)Br)n1. The fraction of sp³-hybridized carbons (Fsp3) is 0.700. The number of rotatable bonds is 4. The Kier molecular flexibility index (Phi) is 7.92. The van der Waals surface area contributed by atoms with Crippen LogP contribution in [0.15, 0.2) is 0 Å². The number of nitrogens with zero attached hydrogens (tertiary/aromatic N) is 3. The number of aromatic nitrogens is 3. The molecule has 9 heteroatoms. The largest absolute Gasteiger partial charge is 0.215 e.